The Balaban J connectivity index is 2.13. The van der Waals surface area contributed by atoms with Crippen molar-refractivity contribution in [3.63, 3.8) is 0 Å². The molecule has 29 heavy (non-hydrogen) atoms. The van der Waals surface area contributed by atoms with Gasteiger partial charge in [-0.3, -0.25) is 9.36 Å². The molecule has 0 unspecified atom stereocenters. The molecular weight excluding hydrogens is 376 g/mol. The van der Waals surface area contributed by atoms with Crippen LogP contribution < -0.4 is 20.5 Å². The number of nitrogen functional groups attached to an aromatic ring is 1. The Labute approximate surface area is 171 Å². The van der Waals surface area contributed by atoms with Crippen LogP contribution in [0, 0.1) is 0 Å². The molecule has 0 aliphatic rings. The maximum absolute atomic E-state index is 12.1. The molecule has 0 radical (unpaired) electrons. The zero-order chi connectivity index (χ0) is 21.6. The van der Waals surface area contributed by atoms with Gasteiger partial charge in [-0.05, 0) is 34.1 Å². The highest BCUT2D eigenvalue weighted by molar-refractivity contribution is 5.83. The van der Waals surface area contributed by atoms with E-state index >= 15 is 0 Å². The highest BCUT2D eigenvalue weighted by atomic mass is 16.6. The van der Waals surface area contributed by atoms with E-state index in [1.54, 1.807) is 11.5 Å². The molecule has 2 aromatic rings. The summed E-state index contributed by atoms with van der Waals surface area (Å²) in [4.78, 5) is 25.1. The van der Waals surface area contributed by atoms with Gasteiger partial charge >= 0.3 is 12.0 Å². The van der Waals surface area contributed by atoms with Gasteiger partial charge in [0.05, 0.1) is 13.7 Å². The Morgan fingerprint density at radius 2 is 2.00 bits per heavy atom. The molecule has 3 N–H and O–H groups in total. The van der Waals surface area contributed by atoms with Gasteiger partial charge in [-0.25, -0.2) is 0 Å². The number of imidazole rings is 1. The van der Waals surface area contributed by atoms with Gasteiger partial charge in [-0.1, -0.05) is 13.3 Å². The van der Waals surface area contributed by atoms with E-state index in [0.717, 1.165) is 12.8 Å². The predicted octanol–water partition coefficient (Wildman–Crippen LogP) is 1.92. The second-order valence-electron chi connectivity index (χ2n) is 7.73. The molecule has 10 heteroatoms. The number of aromatic nitrogens is 4. The first-order valence-electron chi connectivity index (χ1n) is 9.83. The second-order valence-corrected chi connectivity index (χ2v) is 7.73. The monoisotopic (exact) mass is 408 g/mol. The summed E-state index contributed by atoms with van der Waals surface area (Å²) in [5.74, 6) is -0.0771. The number of anilines is 1. The van der Waals surface area contributed by atoms with Crippen molar-refractivity contribution in [3.8, 4) is 12.0 Å². The molecule has 0 fully saturated rings. The highest BCUT2D eigenvalue weighted by Crippen LogP contribution is 2.25. The molecule has 2 aromatic heterocycles. The lowest BCUT2D eigenvalue weighted by Crippen LogP contribution is -2.40. The van der Waals surface area contributed by atoms with Crippen molar-refractivity contribution in [3.05, 3.63) is 0 Å². The largest absolute Gasteiger partial charge is 0.468 e. The minimum Gasteiger partial charge on any atom is -0.468 e. The van der Waals surface area contributed by atoms with Gasteiger partial charge in [-0.2, -0.15) is 15.0 Å². The number of nitrogens with zero attached hydrogens (tertiary/aromatic N) is 4. The van der Waals surface area contributed by atoms with E-state index in [4.69, 9.17) is 19.9 Å². The fourth-order valence-corrected chi connectivity index (χ4v) is 2.58. The molecule has 0 aromatic carbocycles. The molecule has 0 bridgehead atoms. The third-order valence-electron chi connectivity index (χ3n) is 4.02. The van der Waals surface area contributed by atoms with Gasteiger partial charge in [0.2, 0.25) is 0 Å². The Morgan fingerprint density at radius 3 is 2.62 bits per heavy atom. The number of rotatable bonds is 10. The average Bonchev–Trinajstić information content (AvgIpc) is 2.99. The summed E-state index contributed by atoms with van der Waals surface area (Å²) in [6.45, 7) is 10.8. The number of esters is 1. The van der Waals surface area contributed by atoms with E-state index in [1.165, 1.54) is 7.11 Å². The molecule has 0 amide bonds. The van der Waals surface area contributed by atoms with Crippen LogP contribution in [0.3, 0.4) is 0 Å². The van der Waals surface area contributed by atoms with E-state index in [0.29, 0.717) is 36.9 Å². The van der Waals surface area contributed by atoms with E-state index in [1.807, 2.05) is 20.8 Å². The van der Waals surface area contributed by atoms with Crippen molar-refractivity contribution >= 4 is 23.0 Å². The number of nitrogens with one attached hydrogen (secondary N) is 1. The number of hydrogen-bond donors (Lipinski definition) is 2. The molecule has 1 atom stereocenters. The maximum atomic E-state index is 12.1. The van der Waals surface area contributed by atoms with Crippen molar-refractivity contribution in [2.45, 2.75) is 65.6 Å². The lowest BCUT2D eigenvalue weighted by atomic mass is 10.2. The summed E-state index contributed by atoms with van der Waals surface area (Å²) in [5.41, 5.74) is 6.48. The molecule has 2 heterocycles. The number of fused-ring (bicyclic) bond motifs is 1. The fraction of sp³-hybridized carbons (Fsp3) is 0.684. The first kappa shape index (κ1) is 22.7. The molecule has 0 saturated heterocycles. The van der Waals surface area contributed by atoms with Gasteiger partial charge in [0.1, 0.15) is 11.6 Å². The zero-order valence-corrected chi connectivity index (χ0v) is 18.1. The van der Waals surface area contributed by atoms with Gasteiger partial charge in [-0.15, -0.1) is 0 Å². The van der Waals surface area contributed by atoms with Crippen molar-refractivity contribution in [1.29, 1.82) is 0 Å². The van der Waals surface area contributed by atoms with E-state index in [-0.39, 0.29) is 17.8 Å². The first-order valence-corrected chi connectivity index (χ1v) is 9.83. The standard InChI is InChI=1S/C19H32N6O4/c1-7-8-11-28-17-23-14(20)13-15(24-17)25(18(22-13)27-6)10-9-21-12(2)16(26)29-19(3,4)5/h12,21H,7-11H2,1-6H3,(H2,20,23,24)/t12-/m0/s1. The summed E-state index contributed by atoms with van der Waals surface area (Å²) >= 11 is 0. The maximum Gasteiger partial charge on any atom is 0.323 e. The SMILES string of the molecule is CCCCOc1nc(N)c2nc(OC)n(CCN[C@@H](C)C(=O)OC(C)(C)C)c2n1. The van der Waals surface area contributed by atoms with E-state index in [9.17, 15) is 4.79 Å². The smallest absolute Gasteiger partial charge is 0.323 e. The van der Waals surface area contributed by atoms with Gasteiger partial charge in [0.15, 0.2) is 17.0 Å². The number of unbranched alkanes of at least 4 members (excludes halogenated alkanes) is 1. The third kappa shape index (κ3) is 6.18. The fourth-order valence-electron chi connectivity index (χ4n) is 2.58. The molecule has 0 spiro atoms. The molecule has 0 aliphatic heterocycles. The lowest BCUT2D eigenvalue weighted by Gasteiger charge is -2.22. The van der Waals surface area contributed by atoms with Crippen LogP contribution in [0.25, 0.3) is 11.2 Å². The predicted molar refractivity (Wildman–Crippen MR) is 110 cm³/mol. The van der Waals surface area contributed by atoms with Crippen molar-refractivity contribution in [2.24, 2.45) is 0 Å². The van der Waals surface area contributed by atoms with Gasteiger partial charge in [0.25, 0.3) is 6.01 Å². The number of ether oxygens (including phenoxy) is 3. The Hall–Kier alpha value is -2.62. The summed E-state index contributed by atoms with van der Waals surface area (Å²) in [5, 5.41) is 3.15. The van der Waals surface area contributed by atoms with Gasteiger partial charge in [0, 0.05) is 13.1 Å². The number of carbonyl (C=O) groups excluding carboxylic acids is 1. The van der Waals surface area contributed by atoms with E-state index < -0.39 is 11.6 Å². The van der Waals surface area contributed by atoms with Crippen LogP contribution in [0.15, 0.2) is 0 Å². The quantitative estimate of drug-likeness (QED) is 0.448. The van der Waals surface area contributed by atoms with E-state index in [2.05, 4.69) is 27.2 Å². The molecular formula is C19H32N6O4. The number of methoxy groups -OCH3 is 1. The minimum atomic E-state index is -0.528. The molecule has 0 aliphatic carbocycles. The van der Waals surface area contributed by atoms with Crippen LogP contribution in [0.2, 0.25) is 0 Å². The Morgan fingerprint density at radius 1 is 1.28 bits per heavy atom. The van der Waals surface area contributed by atoms with Crippen molar-refractivity contribution in [1.82, 2.24) is 24.8 Å². The van der Waals surface area contributed by atoms with Crippen molar-refractivity contribution in [2.75, 3.05) is 26.0 Å². The van der Waals surface area contributed by atoms with Gasteiger partial charge < -0.3 is 25.3 Å². The lowest BCUT2D eigenvalue weighted by molar-refractivity contribution is -0.156. The van der Waals surface area contributed by atoms with Crippen LogP contribution >= 0.6 is 0 Å². The Bertz CT molecular complexity index is 830. The van der Waals surface area contributed by atoms with Crippen LogP contribution in [-0.2, 0) is 16.1 Å². The third-order valence-corrected chi connectivity index (χ3v) is 4.02. The summed E-state index contributed by atoms with van der Waals surface area (Å²) < 4.78 is 18.1. The Kier molecular flexibility index (Phi) is 7.60. The molecule has 2 rings (SSSR count). The van der Waals surface area contributed by atoms with Crippen LogP contribution in [0.4, 0.5) is 5.82 Å². The van der Waals surface area contributed by atoms with Crippen LogP contribution in [-0.4, -0.2) is 57.4 Å². The van der Waals surface area contributed by atoms with Crippen LogP contribution in [0.5, 0.6) is 12.0 Å². The number of carbonyl (C=O) groups is 1. The molecule has 162 valence electrons. The second kappa shape index (κ2) is 9.73. The van der Waals surface area contributed by atoms with Crippen LogP contribution in [0.1, 0.15) is 47.5 Å². The highest BCUT2D eigenvalue weighted by Gasteiger charge is 2.22. The summed E-state index contributed by atoms with van der Waals surface area (Å²) in [7, 11) is 1.52. The summed E-state index contributed by atoms with van der Waals surface area (Å²) in [6, 6.07) is 0.114. The zero-order valence-electron chi connectivity index (χ0n) is 18.1. The topological polar surface area (TPSA) is 126 Å². The number of hydrogen-bond acceptors (Lipinski definition) is 9. The molecule has 0 saturated carbocycles. The number of nitrogens with two attached hydrogens (primary N) is 1. The molecule has 10 nitrogen and oxygen atoms in total. The van der Waals surface area contributed by atoms with Crippen molar-refractivity contribution < 1.29 is 19.0 Å². The minimum absolute atomic E-state index is 0.210. The normalized spacial score (nSPS) is 12.8. The summed E-state index contributed by atoms with van der Waals surface area (Å²) in [6.07, 6.45) is 1.90. The first-order chi connectivity index (χ1) is 13.7. The average molecular weight is 409 g/mol.